The number of thiazole rings is 1. The van der Waals surface area contributed by atoms with Crippen molar-refractivity contribution >= 4 is 22.4 Å². The second kappa shape index (κ2) is 7.38. The Morgan fingerprint density at radius 1 is 1.28 bits per heavy atom. The summed E-state index contributed by atoms with van der Waals surface area (Å²) in [5, 5.41) is 5.37. The zero-order valence-electron chi connectivity index (χ0n) is 13.6. The van der Waals surface area contributed by atoms with Gasteiger partial charge in [-0.1, -0.05) is 12.1 Å². The molecule has 1 amide bonds. The smallest absolute Gasteiger partial charge is 0.270 e. The molecule has 2 aliphatic heterocycles. The first-order valence-corrected chi connectivity index (χ1v) is 9.10. The maximum Gasteiger partial charge on any atom is 0.270 e. The number of hydrogen-bond acceptors (Lipinski definition) is 7. The van der Waals surface area contributed by atoms with Crippen LogP contribution in [0.2, 0.25) is 0 Å². The third kappa shape index (κ3) is 3.92. The monoisotopic (exact) mass is 361 g/mol. The summed E-state index contributed by atoms with van der Waals surface area (Å²) in [7, 11) is 0. The topological polar surface area (TPSA) is 72.9 Å². The molecular weight excluding hydrogens is 342 g/mol. The van der Waals surface area contributed by atoms with E-state index in [0.717, 1.165) is 38.5 Å². The van der Waals surface area contributed by atoms with E-state index in [-0.39, 0.29) is 12.5 Å². The van der Waals surface area contributed by atoms with Crippen molar-refractivity contribution in [1.82, 2.24) is 9.88 Å². The summed E-state index contributed by atoms with van der Waals surface area (Å²) >= 11 is 1.42. The number of anilines is 1. The quantitative estimate of drug-likeness (QED) is 0.895. The second-order valence-electron chi connectivity index (χ2n) is 5.89. The molecule has 2 aliphatic rings. The van der Waals surface area contributed by atoms with Crippen molar-refractivity contribution in [3.8, 4) is 11.5 Å². The maximum atomic E-state index is 12.4. The van der Waals surface area contributed by atoms with Gasteiger partial charge in [0.05, 0.1) is 18.9 Å². The van der Waals surface area contributed by atoms with E-state index in [2.05, 4.69) is 15.2 Å². The van der Waals surface area contributed by atoms with Gasteiger partial charge in [-0.3, -0.25) is 15.0 Å². The average Bonchev–Trinajstić information content (AvgIpc) is 3.09. The van der Waals surface area contributed by atoms with E-state index in [0.29, 0.717) is 16.6 Å². The Morgan fingerprint density at radius 3 is 2.92 bits per heavy atom. The Bertz CT molecular complexity index is 745. The van der Waals surface area contributed by atoms with Gasteiger partial charge in [0.25, 0.3) is 5.91 Å². The number of benzene rings is 1. The molecule has 2 aromatic rings. The number of carbonyl (C=O) groups excluding carboxylic acids is 1. The molecule has 4 rings (SSSR count). The first-order chi connectivity index (χ1) is 12.3. The van der Waals surface area contributed by atoms with Crippen molar-refractivity contribution in [2.75, 3.05) is 38.2 Å². The predicted molar refractivity (Wildman–Crippen MR) is 93.2 cm³/mol. The van der Waals surface area contributed by atoms with Crippen molar-refractivity contribution in [3.63, 3.8) is 0 Å². The number of nitrogens with one attached hydrogen (secondary N) is 1. The van der Waals surface area contributed by atoms with E-state index in [1.54, 1.807) is 6.07 Å². The van der Waals surface area contributed by atoms with E-state index in [4.69, 9.17) is 14.2 Å². The number of para-hydroxylation sites is 2. The van der Waals surface area contributed by atoms with Gasteiger partial charge < -0.3 is 14.2 Å². The average molecular weight is 361 g/mol. The Morgan fingerprint density at radius 2 is 2.08 bits per heavy atom. The number of ether oxygens (including phenoxy) is 3. The summed E-state index contributed by atoms with van der Waals surface area (Å²) in [6.45, 7) is 4.29. The zero-order valence-corrected chi connectivity index (χ0v) is 14.5. The molecule has 7 nitrogen and oxygen atoms in total. The molecule has 0 aliphatic carbocycles. The number of nitrogens with zero attached hydrogens (tertiary/aromatic N) is 2. The summed E-state index contributed by atoms with van der Waals surface area (Å²) < 4.78 is 16.6. The lowest BCUT2D eigenvalue weighted by molar-refractivity contribution is -0.125. The molecule has 8 heteroatoms. The molecule has 1 N–H and O–H groups in total. The minimum Gasteiger partial charge on any atom is -0.485 e. The lowest BCUT2D eigenvalue weighted by Crippen LogP contribution is -2.40. The van der Waals surface area contributed by atoms with Crippen LogP contribution < -0.4 is 14.8 Å². The maximum absolute atomic E-state index is 12.4. The number of fused-ring (bicyclic) bond motifs is 1. The SMILES string of the molecule is O=C(Nc1nc(CN2CCOCC2)cs1)C1COc2ccccc2O1. The standard InChI is InChI=1S/C17H19N3O4S/c21-16(15-10-23-13-3-1-2-4-14(13)24-15)19-17-18-12(11-25-17)9-20-5-7-22-8-6-20/h1-4,11,15H,5-10H2,(H,18,19,21). The van der Waals surface area contributed by atoms with E-state index >= 15 is 0 Å². The van der Waals surface area contributed by atoms with Crippen LogP contribution in [0.3, 0.4) is 0 Å². The van der Waals surface area contributed by atoms with Crippen molar-refractivity contribution in [2.24, 2.45) is 0 Å². The van der Waals surface area contributed by atoms with Crippen molar-refractivity contribution in [3.05, 3.63) is 35.3 Å². The number of carbonyl (C=O) groups is 1. The molecule has 0 bridgehead atoms. The van der Waals surface area contributed by atoms with Crippen LogP contribution in [-0.2, 0) is 16.1 Å². The van der Waals surface area contributed by atoms with E-state index in [1.165, 1.54) is 11.3 Å². The number of aromatic nitrogens is 1. The molecule has 1 fully saturated rings. The Hall–Kier alpha value is -2.16. The van der Waals surface area contributed by atoms with Gasteiger partial charge >= 0.3 is 0 Å². The third-order valence-electron chi connectivity index (χ3n) is 4.07. The fourth-order valence-electron chi connectivity index (χ4n) is 2.76. The highest BCUT2D eigenvalue weighted by Crippen LogP contribution is 2.31. The first kappa shape index (κ1) is 16.3. The molecule has 1 atom stereocenters. The van der Waals surface area contributed by atoms with Crippen LogP contribution >= 0.6 is 11.3 Å². The molecule has 132 valence electrons. The van der Waals surface area contributed by atoms with E-state index in [9.17, 15) is 4.79 Å². The molecule has 1 saturated heterocycles. The zero-order chi connectivity index (χ0) is 17.1. The molecule has 0 radical (unpaired) electrons. The van der Waals surface area contributed by atoms with Crippen molar-refractivity contribution in [2.45, 2.75) is 12.6 Å². The minimum atomic E-state index is -0.679. The van der Waals surface area contributed by atoms with Crippen LogP contribution in [0.1, 0.15) is 5.69 Å². The molecule has 1 aromatic carbocycles. The number of amides is 1. The number of rotatable bonds is 4. The highest BCUT2D eigenvalue weighted by molar-refractivity contribution is 7.13. The Labute approximate surface area is 149 Å². The van der Waals surface area contributed by atoms with Crippen LogP contribution in [0.25, 0.3) is 0 Å². The summed E-state index contributed by atoms with van der Waals surface area (Å²) in [6, 6.07) is 7.33. The van der Waals surface area contributed by atoms with Crippen LogP contribution in [0.5, 0.6) is 11.5 Å². The van der Waals surface area contributed by atoms with Crippen molar-refractivity contribution < 1.29 is 19.0 Å². The third-order valence-corrected chi connectivity index (χ3v) is 4.88. The highest BCUT2D eigenvalue weighted by atomic mass is 32.1. The van der Waals surface area contributed by atoms with E-state index < -0.39 is 6.10 Å². The van der Waals surface area contributed by atoms with Crippen LogP contribution in [0.4, 0.5) is 5.13 Å². The van der Waals surface area contributed by atoms with E-state index in [1.807, 2.05) is 23.6 Å². The lowest BCUT2D eigenvalue weighted by atomic mass is 10.2. The van der Waals surface area contributed by atoms with Gasteiger partial charge in [-0.25, -0.2) is 4.98 Å². The molecule has 0 spiro atoms. The summed E-state index contributed by atoms with van der Waals surface area (Å²) in [5.74, 6) is 0.997. The van der Waals surface area contributed by atoms with Gasteiger partial charge in [-0.2, -0.15) is 0 Å². The Balaban J connectivity index is 1.34. The fraction of sp³-hybridized carbons (Fsp3) is 0.412. The molecule has 1 unspecified atom stereocenters. The first-order valence-electron chi connectivity index (χ1n) is 8.22. The fourth-order valence-corrected chi connectivity index (χ4v) is 3.46. The lowest BCUT2D eigenvalue weighted by Gasteiger charge is -2.25. The van der Waals surface area contributed by atoms with Gasteiger partial charge in [0.1, 0.15) is 6.61 Å². The summed E-state index contributed by atoms with van der Waals surface area (Å²) in [4.78, 5) is 19.2. The predicted octanol–water partition coefficient (Wildman–Crippen LogP) is 1.75. The second-order valence-corrected chi connectivity index (χ2v) is 6.74. The van der Waals surface area contributed by atoms with Gasteiger partial charge in [-0.05, 0) is 12.1 Å². The van der Waals surface area contributed by atoms with Crippen LogP contribution in [0, 0.1) is 0 Å². The summed E-state index contributed by atoms with van der Waals surface area (Å²) in [5.41, 5.74) is 0.952. The molecule has 3 heterocycles. The van der Waals surface area contributed by atoms with Gasteiger partial charge in [0.15, 0.2) is 16.6 Å². The normalized spacial score (nSPS) is 20.2. The van der Waals surface area contributed by atoms with Gasteiger partial charge in [0.2, 0.25) is 6.10 Å². The van der Waals surface area contributed by atoms with Crippen molar-refractivity contribution in [1.29, 1.82) is 0 Å². The van der Waals surface area contributed by atoms with Crippen LogP contribution in [0.15, 0.2) is 29.6 Å². The Kier molecular flexibility index (Phi) is 4.82. The number of hydrogen-bond donors (Lipinski definition) is 1. The summed E-state index contributed by atoms with van der Waals surface area (Å²) in [6.07, 6.45) is -0.679. The highest BCUT2D eigenvalue weighted by Gasteiger charge is 2.28. The molecule has 0 saturated carbocycles. The van der Waals surface area contributed by atoms with Crippen LogP contribution in [-0.4, -0.2) is 54.8 Å². The molecular formula is C17H19N3O4S. The minimum absolute atomic E-state index is 0.189. The van der Waals surface area contributed by atoms with Gasteiger partial charge in [0, 0.05) is 25.0 Å². The number of morpholine rings is 1. The molecule has 1 aromatic heterocycles. The van der Waals surface area contributed by atoms with Gasteiger partial charge in [-0.15, -0.1) is 11.3 Å². The largest absolute Gasteiger partial charge is 0.485 e. The molecule has 25 heavy (non-hydrogen) atoms.